The second-order valence-electron chi connectivity index (χ2n) is 5.70. The Morgan fingerprint density at radius 2 is 2.05 bits per heavy atom. The van der Waals surface area contributed by atoms with Crippen molar-refractivity contribution in [3.8, 4) is 5.75 Å². The molecule has 3 heteroatoms. The van der Waals surface area contributed by atoms with E-state index in [0.29, 0.717) is 18.2 Å². The first-order valence-electron chi connectivity index (χ1n) is 7.30. The Hall–Kier alpha value is -1.06. The quantitative estimate of drug-likeness (QED) is 0.884. The molecule has 0 radical (unpaired) electrons. The van der Waals surface area contributed by atoms with Crippen molar-refractivity contribution in [2.24, 2.45) is 5.92 Å². The number of hydrogen-bond donors (Lipinski definition) is 1. The van der Waals surface area contributed by atoms with Crippen molar-refractivity contribution >= 4 is 0 Å². The van der Waals surface area contributed by atoms with E-state index in [1.54, 1.807) is 7.11 Å². The van der Waals surface area contributed by atoms with Crippen molar-refractivity contribution in [1.82, 2.24) is 5.32 Å². The Labute approximate surface area is 115 Å². The first-order valence-corrected chi connectivity index (χ1v) is 7.30. The lowest BCUT2D eigenvalue weighted by Crippen LogP contribution is -2.39. The first kappa shape index (κ1) is 12.9. The Balaban J connectivity index is 1.68. The van der Waals surface area contributed by atoms with Crippen LogP contribution >= 0.6 is 0 Å². The molecule has 3 rings (SSSR count). The van der Waals surface area contributed by atoms with E-state index >= 15 is 0 Å². The van der Waals surface area contributed by atoms with Gasteiger partial charge in [-0.25, -0.2) is 0 Å². The zero-order valence-corrected chi connectivity index (χ0v) is 11.8. The van der Waals surface area contributed by atoms with E-state index < -0.39 is 0 Å². The molecule has 1 saturated carbocycles. The van der Waals surface area contributed by atoms with Crippen LogP contribution in [-0.2, 0) is 4.74 Å². The number of methoxy groups -OCH3 is 1. The molecular formula is C16H23NO2. The summed E-state index contributed by atoms with van der Waals surface area (Å²) in [6, 6.07) is 9.03. The highest BCUT2D eigenvalue weighted by Crippen LogP contribution is 2.39. The van der Waals surface area contributed by atoms with Gasteiger partial charge in [0.2, 0.25) is 0 Å². The van der Waals surface area contributed by atoms with E-state index in [0.717, 1.165) is 24.7 Å². The normalized spacial score (nSPS) is 28.3. The SMILES string of the molecule is COc1ccccc1C(C)NC1CCOC1C1CC1. The molecule has 2 aliphatic rings. The molecule has 1 aromatic carbocycles. The van der Waals surface area contributed by atoms with Crippen LogP contribution in [0.4, 0.5) is 0 Å². The van der Waals surface area contributed by atoms with Gasteiger partial charge in [-0.15, -0.1) is 0 Å². The highest BCUT2D eigenvalue weighted by molar-refractivity contribution is 5.35. The molecular weight excluding hydrogens is 238 g/mol. The van der Waals surface area contributed by atoms with Crippen molar-refractivity contribution in [2.75, 3.05) is 13.7 Å². The fourth-order valence-corrected chi connectivity index (χ4v) is 3.11. The van der Waals surface area contributed by atoms with Gasteiger partial charge < -0.3 is 14.8 Å². The Morgan fingerprint density at radius 1 is 1.26 bits per heavy atom. The molecule has 1 heterocycles. The molecule has 1 N–H and O–H groups in total. The number of ether oxygens (including phenoxy) is 2. The summed E-state index contributed by atoms with van der Waals surface area (Å²) >= 11 is 0. The Bertz CT molecular complexity index is 431. The van der Waals surface area contributed by atoms with E-state index in [1.165, 1.54) is 18.4 Å². The lowest BCUT2D eigenvalue weighted by Gasteiger charge is -2.25. The minimum atomic E-state index is 0.295. The largest absolute Gasteiger partial charge is 0.496 e. The Morgan fingerprint density at radius 3 is 2.79 bits per heavy atom. The fraction of sp³-hybridized carbons (Fsp3) is 0.625. The zero-order valence-electron chi connectivity index (χ0n) is 11.8. The van der Waals surface area contributed by atoms with E-state index in [1.807, 2.05) is 12.1 Å². The summed E-state index contributed by atoms with van der Waals surface area (Å²) in [5.41, 5.74) is 1.23. The molecule has 2 fully saturated rings. The molecule has 3 atom stereocenters. The van der Waals surface area contributed by atoms with Gasteiger partial charge in [-0.3, -0.25) is 0 Å². The molecule has 104 valence electrons. The molecule has 0 spiro atoms. The third-order valence-electron chi connectivity index (χ3n) is 4.29. The maximum atomic E-state index is 5.89. The summed E-state index contributed by atoms with van der Waals surface area (Å²) in [4.78, 5) is 0. The molecule has 3 unspecified atom stereocenters. The summed E-state index contributed by atoms with van der Waals surface area (Å²) < 4.78 is 11.3. The molecule has 0 aromatic heterocycles. The van der Waals surface area contributed by atoms with Crippen molar-refractivity contribution in [3.63, 3.8) is 0 Å². The van der Waals surface area contributed by atoms with E-state index in [2.05, 4.69) is 24.4 Å². The maximum absolute atomic E-state index is 5.89. The molecule has 3 nitrogen and oxygen atoms in total. The molecule has 0 bridgehead atoms. The Kier molecular flexibility index (Phi) is 3.76. The number of para-hydroxylation sites is 1. The summed E-state index contributed by atoms with van der Waals surface area (Å²) in [6.07, 6.45) is 4.23. The average molecular weight is 261 g/mol. The number of hydrogen-bond acceptors (Lipinski definition) is 3. The standard InChI is InChI=1S/C16H23NO2/c1-11(13-5-3-4-6-15(13)18-2)17-14-9-10-19-16(14)12-7-8-12/h3-6,11-12,14,16-17H,7-10H2,1-2H3. The first-order chi connectivity index (χ1) is 9.29. The maximum Gasteiger partial charge on any atom is 0.123 e. The average Bonchev–Trinajstić information content (AvgIpc) is 3.19. The fourth-order valence-electron chi connectivity index (χ4n) is 3.11. The third kappa shape index (κ3) is 2.77. The van der Waals surface area contributed by atoms with Gasteiger partial charge in [-0.2, -0.15) is 0 Å². The monoisotopic (exact) mass is 261 g/mol. The van der Waals surface area contributed by atoms with Gasteiger partial charge in [0.1, 0.15) is 5.75 Å². The van der Waals surface area contributed by atoms with E-state index in [4.69, 9.17) is 9.47 Å². The van der Waals surface area contributed by atoms with Gasteiger partial charge >= 0.3 is 0 Å². The van der Waals surface area contributed by atoms with Crippen LogP contribution in [0.3, 0.4) is 0 Å². The molecule has 1 aliphatic carbocycles. The van der Waals surface area contributed by atoms with Crippen LogP contribution in [0.2, 0.25) is 0 Å². The van der Waals surface area contributed by atoms with Crippen molar-refractivity contribution < 1.29 is 9.47 Å². The van der Waals surface area contributed by atoms with Crippen LogP contribution in [0.15, 0.2) is 24.3 Å². The second kappa shape index (κ2) is 5.51. The lowest BCUT2D eigenvalue weighted by molar-refractivity contribution is 0.0792. The van der Waals surface area contributed by atoms with Crippen molar-refractivity contribution in [1.29, 1.82) is 0 Å². The predicted molar refractivity (Wildman–Crippen MR) is 75.4 cm³/mol. The number of nitrogens with one attached hydrogen (secondary N) is 1. The predicted octanol–water partition coefficient (Wildman–Crippen LogP) is 2.91. The molecule has 1 aromatic rings. The lowest BCUT2D eigenvalue weighted by atomic mass is 10.0. The number of rotatable bonds is 5. The summed E-state index contributed by atoms with van der Waals surface area (Å²) in [6.45, 7) is 3.11. The van der Waals surface area contributed by atoms with Crippen LogP contribution in [-0.4, -0.2) is 25.9 Å². The second-order valence-corrected chi connectivity index (χ2v) is 5.70. The minimum absolute atomic E-state index is 0.295. The van der Waals surface area contributed by atoms with Gasteiger partial charge in [0.05, 0.1) is 13.2 Å². The molecule has 19 heavy (non-hydrogen) atoms. The molecule has 1 aliphatic heterocycles. The van der Waals surface area contributed by atoms with Crippen LogP contribution in [0, 0.1) is 5.92 Å². The topological polar surface area (TPSA) is 30.5 Å². The van der Waals surface area contributed by atoms with Gasteiger partial charge in [0.15, 0.2) is 0 Å². The summed E-state index contributed by atoms with van der Waals surface area (Å²) in [5.74, 6) is 1.76. The van der Waals surface area contributed by atoms with Gasteiger partial charge in [0.25, 0.3) is 0 Å². The highest BCUT2D eigenvalue weighted by Gasteiger charge is 2.40. The van der Waals surface area contributed by atoms with Crippen molar-refractivity contribution in [3.05, 3.63) is 29.8 Å². The summed E-state index contributed by atoms with van der Waals surface area (Å²) in [7, 11) is 1.73. The van der Waals surface area contributed by atoms with Crippen LogP contribution in [0.5, 0.6) is 5.75 Å². The smallest absolute Gasteiger partial charge is 0.123 e. The molecule has 1 saturated heterocycles. The third-order valence-corrected chi connectivity index (χ3v) is 4.29. The summed E-state index contributed by atoms with van der Waals surface area (Å²) in [5, 5.41) is 3.74. The van der Waals surface area contributed by atoms with Crippen LogP contribution in [0.1, 0.15) is 37.8 Å². The van der Waals surface area contributed by atoms with Gasteiger partial charge in [-0.1, -0.05) is 18.2 Å². The van der Waals surface area contributed by atoms with Crippen LogP contribution < -0.4 is 10.1 Å². The minimum Gasteiger partial charge on any atom is -0.496 e. The zero-order chi connectivity index (χ0) is 13.2. The van der Waals surface area contributed by atoms with Crippen molar-refractivity contribution in [2.45, 2.75) is 44.4 Å². The molecule has 0 amide bonds. The van der Waals surface area contributed by atoms with Gasteiger partial charge in [-0.05, 0) is 38.2 Å². The van der Waals surface area contributed by atoms with E-state index in [9.17, 15) is 0 Å². The van der Waals surface area contributed by atoms with Crippen LogP contribution in [0.25, 0.3) is 0 Å². The number of benzene rings is 1. The van der Waals surface area contributed by atoms with E-state index in [-0.39, 0.29) is 0 Å². The van der Waals surface area contributed by atoms with Gasteiger partial charge in [0, 0.05) is 24.3 Å². The highest BCUT2D eigenvalue weighted by atomic mass is 16.5.